The van der Waals surface area contributed by atoms with Crippen LogP contribution in [0, 0.1) is 0 Å². The highest BCUT2D eigenvalue weighted by Crippen LogP contribution is 2.40. The summed E-state index contributed by atoms with van der Waals surface area (Å²) in [6, 6.07) is 47.5. The Morgan fingerprint density at radius 1 is 0.538 bits per heavy atom. The third kappa shape index (κ3) is 3.77. The molecule has 0 fully saturated rings. The van der Waals surface area contributed by atoms with Crippen LogP contribution in [0.3, 0.4) is 0 Å². The van der Waals surface area contributed by atoms with Gasteiger partial charge in [-0.15, -0.1) is 16.4 Å². The maximum atomic E-state index is 5.07. The number of fused-ring (bicyclic) bond motifs is 5. The predicted octanol–water partition coefficient (Wildman–Crippen LogP) is 9.99. The molecular weight excluding hydrogens is 494 g/mol. The van der Waals surface area contributed by atoms with Gasteiger partial charge in [0.15, 0.2) is 5.82 Å². The second-order valence-electron chi connectivity index (χ2n) is 9.80. The predicted molar refractivity (Wildman–Crippen MR) is 166 cm³/mol. The van der Waals surface area contributed by atoms with Crippen LogP contribution in [-0.2, 0) is 0 Å². The second-order valence-corrected chi connectivity index (χ2v) is 10.9. The summed E-state index contributed by atoms with van der Waals surface area (Å²) in [5, 5.41) is 10.0. The Labute approximate surface area is 229 Å². The molecule has 8 rings (SSSR count). The molecule has 3 heterocycles. The highest BCUT2D eigenvalue weighted by Gasteiger charge is 2.18. The van der Waals surface area contributed by atoms with E-state index >= 15 is 0 Å². The lowest BCUT2D eigenvalue weighted by atomic mass is 10.1. The molecule has 0 saturated heterocycles. The first-order valence-electron chi connectivity index (χ1n) is 13.1. The average molecular weight is 518 g/mol. The number of hydrogen-bond acceptors (Lipinski definition) is 3. The first-order chi connectivity index (χ1) is 19.3. The average Bonchev–Trinajstić information content (AvgIpc) is 3.57. The van der Waals surface area contributed by atoms with Crippen LogP contribution >= 0.6 is 11.3 Å². The molecule has 0 bridgehead atoms. The van der Waals surface area contributed by atoms with Gasteiger partial charge in [-0.25, -0.2) is 4.52 Å². The number of hydrogen-bond donors (Lipinski definition) is 0. The summed E-state index contributed by atoms with van der Waals surface area (Å²) >= 11 is 1.84. The number of thiophene rings is 1. The van der Waals surface area contributed by atoms with Gasteiger partial charge >= 0.3 is 0 Å². The van der Waals surface area contributed by atoms with Crippen molar-refractivity contribution >= 4 is 65.0 Å². The minimum absolute atomic E-state index is 0.887. The zero-order valence-corrected chi connectivity index (χ0v) is 21.8. The van der Waals surface area contributed by atoms with Crippen molar-refractivity contribution < 1.29 is 0 Å². The number of benzene rings is 5. The van der Waals surface area contributed by atoms with Gasteiger partial charge < -0.3 is 0 Å². The first-order valence-corrected chi connectivity index (χ1v) is 13.9. The minimum atomic E-state index is 0.887. The van der Waals surface area contributed by atoms with Crippen LogP contribution in [0.15, 0.2) is 140 Å². The maximum absolute atomic E-state index is 5.07. The standard InChI is InChI=1S/C35H23N3S/c1-2-8-24(9-3-1)25-14-16-28(17-15-25)38(29-18-19-32-31-12-6-7-13-33(31)39-34(32)21-29)35-22-30-20-26-10-4-5-11-27(26)23-37(30)36-35/h1-23H. The molecule has 3 aromatic heterocycles. The van der Waals surface area contributed by atoms with Gasteiger partial charge in [-0.1, -0.05) is 91.0 Å². The molecule has 0 atom stereocenters. The van der Waals surface area contributed by atoms with E-state index in [0.29, 0.717) is 0 Å². The molecule has 39 heavy (non-hydrogen) atoms. The van der Waals surface area contributed by atoms with Gasteiger partial charge in [0, 0.05) is 49.2 Å². The molecule has 0 aliphatic carbocycles. The van der Waals surface area contributed by atoms with Gasteiger partial charge in [0.25, 0.3) is 0 Å². The highest BCUT2D eigenvalue weighted by atomic mass is 32.1. The summed E-state index contributed by atoms with van der Waals surface area (Å²) in [5.74, 6) is 0.887. The molecule has 0 saturated carbocycles. The van der Waals surface area contributed by atoms with E-state index in [4.69, 9.17) is 5.10 Å². The van der Waals surface area contributed by atoms with Crippen molar-refractivity contribution in [3.8, 4) is 11.1 Å². The van der Waals surface area contributed by atoms with Gasteiger partial charge in [0.1, 0.15) is 0 Å². The van der Waals surface area contributed by atoms with E-state index < -0.39 is 0 Å². The molecule has 0 aliphatic heterocycles. The van der Waals surface area contributed by atoms with E-state index in [1.165, 1.54) is 42.1 Å². The summed E-state index contributed by atoms with van der Waals surface area (Å²) in [7, 11) is 0. The van der Waals surface area contributed by atoms with Crippen LogP contribution in [0.4, 0.5) is 17.2 Å². The van der Waals surface area contributed by atoms with E-state index in [1.54, 1.807) is 0 Å². The van der Waals surface area contributed by atoms with Gasteiger partial charge in [-0.05, 0) is 52.9 Å². The van der Waals surface area contributed by atoms with Crippen molar-refractivity contribution in [2.75, 3.05) is 4.90 Å². The molecule has 184 valence electrons. The Bertz CT molecular complexity index is 2060. The van der Waals surface area contributed by atoms with Crippen LogP contribution < -0.4 is 4.90 Å². The van der Waals surface area contributed by atoms with Crippen molar-refractivity contribution in [2.45, 2.75) is 0 Å². The Hall–Kier alpha value is -4.93. The number of rotatable bonds is 4. The Balaban J connectivity index is 1.31. The van der Waals surface area contributed by atoms with Gasteiger partial charge in [-0.3, -0.25) is 4.90 Å². The highest BCUT2D eigenvalue weighted by molar-refractivity contribution is 7.25. The largest absolute Gasteiger partial charge is 0.294 e. The van der Waals surface area contributed by atoms with Crippen molar-refractivity contribution in [3.05, 3.63) is 140 Å². The molecule has 0 spiro atoms. The topological polar surface area (TPSA) is 20.5 Å². The summed E-state index contributed by atoms with van der Waals surface area (Å²) in [4.78, 5) is 2.26. The fraction of sp³-hybridized carbons (Fsp3) is 0. The van der Waals surface area contributed by atoms with Crippen LogP contribution in [-0.4, -0.2) is 9.61 Å². The lowest BCUT2D eigenvalue weighted by Gasteiger charge is -2.23. The minimum Gasteiger partial charge on any atom is -0.294 e. The van der Waals surface area contributed by atoms with Crippen LogP contribution in [0.25, 0.3) is 47.6 Å². The zero-order chi connectivity index (χ0) is 25.8. The summed E-state index contributed by atoms with van der Waals surface area (Å²) in [6.07, 6.45) is 2.11. The number of aromatic nitrogens is 2. The third-order valence-corrected chi connectivity index (χ3v) is 8.53. The smallest absolute Gasteiger partial charge is 0.160 e. The number of nitrogens with zero attached hydrogens (tertiary/aromatic N) is 3. The van der Waals surface area contributed by atoms with Crippen LogP contribution in [0.1, 0.15) is 0 Å². The molecule has 0 aliphatic rings. The molecule has 8 aromatic rings. The fourth-order valence-corrected chi connectivity index (χ4v) is 6.61. The summed E-state index contributed by atoms with van der Waals surface area (Å²) in [6.45, 7) is 0. The molecule has 4 heteroatoms. The van der Waals surface area contributed by atoms with E-state index in [9.17, 15) is 0 Å². The van der Waals surface area contributed by atoms with Crippen molar-refractivity contribution in [1.82, 2.24) is 9.61 Å². The van der Waals surface area contributed by atoms with Gasteiger partial charge in [-0.2, -0.15) is 0 Å². The molecule has 0 radical (unpaired) electrons. The van der Waals surface area contributed by atoms with E-state index in [1.807, 2.05) is 15.9 Å². The lowest BCUT2D eigenvalue weighted by Crippen LogP contribution is -2.10. The normalized spacial score (nSPS) is 11.6. The Morgan fingerprint density at radius 2 is 1.23 bits per heavy atom. The molecule has 0 N–H and O–H groups in total. The van der Waals surface area contributed by atoms with Crippen molar-refractivity contribution in [1.29, 1.82) is 0 Å². The monoisotopic (exact) mass is 517 g/mol. The van der Waals surface area contributed by atoms with Crippen LogP contribution in [0.2, 0.25) is 0 Å². The molecule has 5 aromatic carbocycles. The second kappa shape index (κ2) is 8.83. The Morgan fingerprint density at radius 3 is 2.10 bits per heavy atom. The first kappa shape index (κ1) is 22.1. The SMILES string of the molecule is c1ccc(-c2ccc(N(c3ccc4c(c3)sc3ccccc34)c3cc4cc5ccccc5cn4n3)cc2)cc1. The van der Waals surface area contributed by atoms with Gasteiger partial charge in [0.05, 0.1) is 5.52 Å². The van der Waals surface area contributed by atoms with Crippen LogP contribution in [0.5, 0.6) is 0 Å². The quantitative estimate of drug-likeness (QED) is 0.231. The number of pyridine rings is 1. The number of anilines is 3. The molecular formula is C35H23N3S. The van der Waals surface area contributed by atoms with Gasteiger partial charge in [0.2, 0.25) is 0 Å². The Kier molecular flexibility index (Phi) is 5.00. The zero-order valence-electron chi connectivity index (χ0n) is 21.0. The summed E-state index contributed by atoms with van der Waals surface area (Å²) < 4.78 is 4.57. The van der Waals surface area contributed by atoms with E-state index in [2.05, 4.69) is 145 Å². The third-order valence-electron chi connectivity index (χ3n) is 7.39. The maximum Gasteiger partial charge on any atom is 0.160 e. The van der Waals surface area contributed by atoms with E-state index in [-0.39, 0.29) is 0 Å². The van der Waals surface area contributed by atoms with Crippen molar-refractivity contribution in [2.24, 2.45) is 0 Å². The molecule has 0 amide bonds. The van der Waals surface area contributed by atoms with E-state index in [0.717, 1.165) is 22.7 Å². The molecule has 3 nitrogen and oxygen atoms in total. The fourth-order valence-electron chi connectivity index (χ4n) is 5.47. The van der Waals surface area contributed by atoms with Crippen molar-refractivity contribution in [3.63, 3.8) is 0 Å². The summed E-state index contributed by atoms with van der Waals surface area (Å²) in [5.41, 5.74) is 5.64. The lowest BCUT2D eigenvalue weighted by molar-refractivity contribution is 0.958. The molecule has 0 unspecified atom stereocenters.